The highest BCUT2D eigenvalue weighted by molar-refractivity contribution is 8.69. The summed E-state index contributed by atoms with van der Waals surface area (Å²) in [5, 5.41) is 0. The maximum absolute atomic E-state index is 10.6. The third-order valence-electron chi connectivity index (χ3n) is 0.942. The second kappa shape index (κ2) is 3.22. The van der Waals surface area contributed by atoms with Crippen molar-refractivity contribution in [1.29, 1.82) is 0 Å². The minimum Gasteiger partial charge on any atom is -0.452 e. The van der Waals surface area contributed by atoms with Crippen molar-refractivity contribution in [2.75, 3.05) is 5.75 Å². The van der Waals surface area contributed by atoms with E-state index in [2.05, 4.69) is 4.74 Å². The van der Waals surface area contributed by atoms with Gasteiger partial charge in [-0.25, -0.2) is 4.21 Å². The van der Waals surface area contributed by atoms with Crippen molar-refractivity contribution in [2.24, 2.45) is 0 Å². The highest BCUT2D eigenvalue weighted by Crippen LogP contribution is 2.27. The molecule has 3 nitrogen and oxygen atoms in total. The molecule has 1 rings (SSSR count). The van der Waals surface area contributed by atoms with Crippen LogP contribution in [0, 0.1) is 0 Å². The van der Waals surface area contributed by atoms with Gasteiger partial charge in [0.2, 0.25) is 0 Å². The molecule has 2 unspecified atom stereocenters. The largest absolute Gasteiger partial charge is 0.452 e. The fraction of sp³-hybridized carbons (Fsp3) is 0.750. The molecule has 1 aliphatic rings. The Morgan fingerprint density at radius 3 is 3.00 bits per heavy atom. The highest BCUT2D eigenvalue weighted by Gasteiger charge is 2.22. The second-order valence-corrected chi connectivity index (χ2v) is 4.98. The van der Waals surface area contributed by atoms with Crippen LogP contribution in [0.15, 0.2) is 0 Å². The van der Waals surface area contributed by atoms with E-state index < -0.39 is 9.83 Å². The highest BCUT2D eigenvalue weighted by atomic mass is 33.1. The van der Waals surface area contributed by atoms with Crippen LogP contribution in [0.3, 0.4) is 0 Å². The van der Waals surface area contributed by atoms with Crippen molar-refractivity contribution in [3.05, 3.63) is 0 Å². The molecule has 2 atom stereocenters. The molecule has 1 saturated heterocycles. The summed E-state index contributed by atoms with van der Waals surface area (Å²) in [6.45, 7) is 0.403. The van der Waals surface area contributed by atoms with Gasteiger partial charge in [-0.15, -0.1) is 0 Å². The van der Waals surface area contributed by atoms with Crippen LogP contribution in [-0.2, 0) is 19.4 Å². The quantitative estimate of drug-likeness (QED) is 0.437. The zero-order valence-corrected chi connectivity index (χ0v) is 6.24. The maximum atomic E-state index is 10.6. The Morgan fingerprint density at radius 1 is 1.78 bits per heavy atom. The minimum atomic E-state index is -0.822. The fourth-order valence-corrected chi connectivity index (χ4v) is 3.48. The number of rotatable bonds is 2. The number of hydrogen-bond donors (Lipinski definition) is 0. The first-order valence-corrected chi connectivity index (χ1v) is 5.19. The molecule has 1 heterocycles. The van der Waals surface area contributed by atoms with Gasteiger partial charge >= 0.3 is 0 Å². The summed E-state index contributed by atoms with van der Waals surface area (Å²) in [5.74, 6) is 0.642. The van der Waals surface area contributed by atoms with Crippen molar-refractivity contribution in [3.63, 3.8) is 0 Å². The topological polar surface area (TPSA) is 43.4 Å². The van der Waals surface area contributed by atoms with Gasteiger partial charge in [0.05, 0.1) is 9.83 Å². The molecule has 1 aliphatic heterocycles. The van der Waals surface area contributed by atoms with E-state index in [9.17, 15) is 9.00 Å². The fourth-order valence-electron chi connectivity index (χ4n) is 0.561. The molecule has 0 bridgehead atoms. The van der Waals surface area contributed by atoms with E-state index in [0.29, 0.717) is 12.2 Å². The van der Waals surface area contributed by atoms with E-state index in [4.69, 9.17) is 0 Å². The Kier molecular flexibility index (Phi) is 2.53. The van der Waals surface area contributed by atoms with E-state index in [1.54, 1.807) is 0 Å². The van der Waals surface area contributed by atoms with Crippen molar-refractivity contribution < 1.29 is 13.7 Å². The Labute approximate surface area is 59.0 Å². The van der Waals surface area contributed by atoms with Gasteiger partial charge in [0, 0.05) is 12.2 Å². The Balaban J connectivity index is 2.29. The molecule has 52 valence electrons. The Bertz CT molecular complexity index is 136. The normalized spacial score (nSPS) is 34.2. The predicted octanol–water partition coefficient (Wildman–Crippen LogP) is 0.286. The van der Waals surface area contributed by atoms with Gasteiger partial charge in [0.25, 0.3) is 6.47 Å². The van der Waals surface area contributed by atoms with Crippen molar-refractivity contribution in [1.82, 2.24) is 0 Å². The molecule has 0 spiro atoms. The summed E-state index contributed by atoms with van der Waals surface area (Å²) < 4.78 is 15.2. The molecule has 0 aliphatic carbocycles. The van der Waals surface area contributed by atoms with Crippen molar-refractivity contribution >= 4 is 27.1 Å². The van der Waals surface area contributed by atoms with Gasteiger partial charge in [0.1, 0.15) is 0 Å². The number of carbonyl (C=O) groups excluding carboxylic acids is 1. The third kappa shape index (κ3) is 1.98. The molecular formula is C4H6O3S2. The third-order valence-corrected chi connectivity index (χ3v) is 4.08. The molecule has 5 heteroatoms. The van der Waals surface area contributed by atoms with Crippen LogP contribution in [0.5, 0.6) is 0 Å². The van der Waals surface area contributed by atoms with Gasteiger partial charge in [-0.05, 0) is 10.8 Å². The number of carbonyl (C=O) groups is 1. The summed E-state index contributed by atoms with van der Waals surface area (Å²) in [7, 11) is 0.387. The van der Waals surface area contributed by atoms with Crippen molar-refractivity contribution in [3.8, 4) is 0 Å². The monoisotopic (exact) mass is 166 g/mol. The molecule has 0 aromatic rings. The average molecular weight is 166 g/mol. The lowest BCUT2D eigenvalue weighted by Gasteiger charge is -2.00. The first-order chi connectivity index (χ1) is 4.33. The van der Waals surface area contributed by atoms with Crippen LogP contribution in [0.4, 0.5) is 0 Å². The van der Waals surface area contributed by atoms with Crippen molar-refractivity contribution in [2.45, 2.75) is 11.9 Å². The van der Waals surface area contributed by atoms with Crippen LogP contribution in [0.1, 0.15) is 6.42 Å². The van der Waals surface area contributed by atoms with Crippen LogP contribution < -0.4 is 0 Å². The molecule has 0 amide bonds. The Morgan fingerprint density at radius 2 is 2.56 bits per heavy atom. The zero-order chi connectivity index (χ0) is 6.69. The van der Waals surface area contributed by atoms with E-state index >= 15 is 0 Å². The van der Waals surface area contributed by atoms with E-state index in [-0.39, 0.29) is 5.44 Å². The summed E-state index contributed by atoms with van der Waals surface area (Å²) in [5.41, 5.74) is -0.164. The molecule has 0 saturated carbocycles. The molecule has 0 aromatic heterocycles. The van der Waals surface area contributed by atoms with Crippen LogP contribution >= 0.6 is 10.8 Å². The Hall–Kier alpha value is -0.0300. The average Bonchev–Trinajstić information content (AvgIpc) is 2.17. The van der Waals surface area contributed by atoms with Gasteiger partial charge in [-0.3, -0.25) is 4.79 Å². The van der Waals surface area contributed by atoms with E-state index in [0.717, 1.165) is 6.42 Å². The number of ether oxygens (including phenoxy) is 1. The minimum absolute atomic E-state index is 0.164. The predicted molar refractivity (Wildman–Crippen MR) is 36.2 cm³/mol. The number of hydrogen-bond acceptors (Lipinski definition) is 4. The van der Waals surface area contributed by atoms with Gasteiger partial charge in [-0.1, -0.05) is 0 Å². The second-order valence-electron chi connectivity index (χ2n) is 1.55. The van der Waals surface area contributed by atoms with Gasteiger partial charge in [0.15, 0.2) is 5.44 Å². The molecular weight excluding hydrogens is 160 g/mol. The maximum Gasteiger partial charge on any atom is 0.294 e. The van der Waals surface area contributed by atoms with Gasteiger partial charge < -0.3 is 4.74 Å². The lowest BCUT2D eigenvalue weighted by atomic mass is 10.5. The lowest BCUT2D eigenvalue weighted by molar-refractivity contribution is -0.129. The SMILES string of the molecule is O=COC1CCS(=O)S1. The van der Waals surface area contributed by atoms with Crippen LogP contribution in [0.2, 0.25) is 0 Å². The molecule has 0 radical (unpaired) electrons. The first-order valence-electron chi connectivity index (χ1n) is 2.47. The van der Waals surface area contributed by atoms with Gasteiger partial charge in [-0.2, -0.15) is 0 Å². The smallest absolute Gasteiger partial charge is 0.294 e. The first kappa shape index (κ1) is 7.08. The molecule has 9 heavy (non-hydrogen) atoms. The van der Waals surface area contributed by atoms with E-state index in [1.165, 1.54) is 10.8 Å². The van der Waals surface area contributed by atoms with E-state index in [1.807, 2.05) is 0 Å². The zero-order valence-electron chi connectivity index (χ0n) is 4.61. The summed E-state index contributed by atoms with van der Waals surface area (Å²) >= 11 is 0. The lowest BCUT2D eigenvalue weighted by Crippen LogP contribution is -2.01. The summed E-state index contributed by atoms with van der Waals surface area (Å²) in [6.07, 6.45) is 0.718. The van der Waals surface area contributed by atoms with Crippen LogP contribution in [-0.4, -0.2) is 21.9 Å². The summed E-state index contributed by atoms with van der Waals surface area (Å²) in [6, 6.07) is 0. The molecule has 0 aromatic carbocycles. The standard InChI is InChI=1S/C4H6O3S2/c5-3-7-4-1-2-9(6)8-4/h3-4H,1-2H2. The molecule has 0 N–H and O–H groups in total. The molecule has 1 fully saturated rings. The van der Waals surface area contributed by atoms with Crippen LogP contribution in [0.25, 0.3) is 0 Å². The summed E-state index contributed by atoms with van der Waals surface area (Å²) in [4.78, 5) is 9.73.